The van der Waals surface area contributed by atoms with Crippen LogP contribution >= 0.6 is 0 Å². The van der Waals surface area contributed by atoms with Gasteiger partial charge < -0.3 is 15.5 Å². The van der Waals surface area contributed by atoms with Crippen LogP contribution in [0.25, 0.3) is 0 Å². The summed E-state index contributed by atoms with van der Waals surface area (Å²) in [6.45, 7) is 4.99. The largest absolute Gasteiger partial charge is 0.324 e. The van der Waals surface area contributed by atoms with E-state index in [-0.39, 0.29) is 11.8 Å². The Morgan fingerprint density at radius 1 is 1.38 bits per heavy atom. The molecular weight excluding hydrogens is 302 g/mol. The second-order valence-electron chi connectivity index (χ2n) is 7.00. The van der Waals surface area contributed by atoms with Gasteiger partial charge in [-0.05, 0) is 56.3 Å². The molecule has 1 aromatic carbocycles. The first-order valence-corrected chi connectivity index (χ1v) is 9.05. The van der Waals surface area contributed by atoms with Crippen molar-refractivity contribution in [1.82, 2.24) is 5.32 Å². The second kappa shape index (κ2) is 7.79. The van der Waals surface area contributed by atoms with Gasteiger partial charge in [0, 0.05) is 19.4 Å². The van der Waals surface area contributed by atoms with Gasteiger partial charge in [0.2, 0.25) is 11.8 Å². The highest BCUT2D eigenvalue weighted by Gasteiger charge is 2.25. The molecule has 130 valence electrons. The SMILES string of the molecule is C[C@@H](CC(=O)Nc1ccccc1N1CCCC1=O)[C@H]1CCCNC1. The average molecular weight is 329 g/mol. The molecular formula is C19H27N3O2. The third-order valence-corrected chi connectivity index (χ3v) is 5.19. The molecule has 2 saturated heterocycles. The highest BCUT2D eigenvalue weighted by atomic mass is 16.2. The zero-order valence-electron chi connectivity index (χ0n) is 14.4. The summed E-state index contributed by atoms with van der Waals surface area (Å²) in [5.41, 5.74) is 1.56. The van der Waals surface area contributed by atoms with Crippen LogP contribution in [-0.2, 0) is 9.59 Å². The van der Waals surface area contributed by atoms with Crippen LogP contribution in [0, 0.1) is 11.8 Å². The van der Waals surface area contributed by atoms with E-state index in [0.29, 0.717) is 24.7 Å². The van der Waals surface area contributed by atoms with Gasteiger partial charge in [0.05, 0.1) is 11.4 Å². The van der Waals surface area contributed by atoms with Crippen molar-refractivity contribution in [2.24, 2.45) is 11.8 Å². The molecule has 1 aromatic rings. The molecule has 24 heavy (non-hydrogen) atoms. The summed E-state index contributed by atoms with van der Waals surface area (Å²) in [5, 5.41) is 6.44. The van der Waals surface area contributed by atoms with Crippen LogP contribution in [0.15, 0.2) is 24.3 Å². The van der Waals surface area contributed by atoms with E-state index in [0.717, 1.165) is 37.4 Å². The molecule has 0 spiro atoms. The van der Waals surface area contributed by atoms with E-state index in [9.17, 15) is 9.59 Å². The Morgan fingerprint density at radius 2 is 2.21 bits per heavy atom. The molecule has 0 aromatic heterocycles. The van der Waals surface area contributed by atoms with Gasteiger partial charge in [-0.3, -0.25) is 9.59 Å². The molecule has 0 saturated carbocycles. The number of benzene rings is 1. The van der Waals surface area contributed by atoms with Crippen LogP contribution < -0.4 is 15.5 Å². The standard InChI is InChI=1S/C19H27N3O2/c1-14(15-6-4-10-20-13-15)12-18(23)21-16-7-2-3-8-17(16)22-11-5-9-19(22)24/h2-3,7-8,14-15,20H,4-6,9-13H2,1H3,(H,21,23)/t14-,15-/m0/s1. The third-order valence-electron chi connectivity index (χ3n) is 5.19. The van der Waals surface area contributed by atoms with E-state index >= 15 is 0 Å². The maximum absolute atomic E-state index is 12.5. The van der Waals surface area contributed by atoms with Crippen molar-refractivity contribution in [3.05, 3.63) is 24.3 Å². The number of carbonyl (C=O) groups excluding carboxylic acids is 2. The second-order valence-corrected chi connectivity index (χ2v) is 7.00. The fourth-order valence-corrected chi connectivity index (χ4v) is 3.74. The molecule has 0 radical (unpaired) electrons. The average Bonchev–Trinajstić information content (AvgIpc) is 3.02. The van der Waals surface area contributed by atoms with E-state index in [1.807, 2.05) is 24.3 Å². The summed E-state index contributed by atoms with van der Waals surface area (Å²) in [7, 11) is 0. The Morgan fingerprint density at radius 3 is 2.92 bits per heavy atom. The minimum atomic E-state index is 0.0344. The number of nitrogens with one attached hydrogen (secondary N) is 2. The molecule has 2 fully saturated rings. The molecule has 2 amide bonds. The zero-order valence-corrected chi connectivity index (χ0v) is 14.4. The highest BCUT2D eigenvalue weighted by Crippen LogP contribution is 2.30. The van der Waals surface area contributed by atoms with Crippen molar-refractivity contribution >= 4 is 23.2 Å². The maximum atomic E-state index is 12.5. The number of amides is 2. The van der Waals surface area contributed by atoms with Gasteiger partial charge in [0.15, 0.2) is 0 Å². The number of para-hydroxylation sites is 2. The first-order valence-electron chi connectivity index (χ1n) is 9.05. The summed E-state index contributed by atoms with van der Waals surface area (Å²) in [4.78, 5) is 26.3. The van der Waals surface area contributed by atoms with Crippen LogP contribution in [0.5, 0.6) is 0 Å². The van der Waals surface area contributed by atoms with Gasteiger partial charge in [-0.1, -0.05) is 19.1 Å². The summed E-state index contributed by atoms with van der Waals surface area (Å²) in [5.74, 6) is 1.10. The first kappa shape index (κ1) is 17.0. The van der Waals surface area contributed by atoms with Gasteiger partial charge in [0.1, 0.15) is 0 Å². The molecule has 5 heteroatoms. The Kier molecular flexibility index (Phi) is 5.51. The maximum Gasteiger partial charge on any atom is 0.227 e. The molecule has 2 aliphatic rings. The lowest BCUT2D eigenvalue weighted by Crippen LogP contribution is -2.34. The number of hydrogen-bond acceptors (Lipinski definition) is 3. The van der Waals surface area contributed by atoms with E-state index in [1.165, 1.54) is 12.8 Å². The van der Waals surface area contributed by atoms with Crippen molar-refractivity contribution in [1.29, 1.82) is 0 Å². The minimum absolute atomic E-state index is 0.0344. The molecule has 2 atom stereocenters. The number of rotatable bonds is 5. The normalized spacial score (nSPS) is 22.5. The van der Waals surface area contributed by atoms with Crippen LogP contribution in [0.4, 0.5) is 11.4 Å². The number of piperidine rings is 1. The van der Waals surface area contributed by atoms with Crippen LogP contribution in [0.1, 0.15) is 39.0 Å². The lowest BCUT2D eigenvalue weighted by atomic mass is 9.85. The molecule has 0 aliphatic carbocycles. The Hall–Kier alpha value is -1.88. The number of nitrogens with zero attached hydrogens (tertiary/aromatic N) is 1. The van der Waals surface area contributed by atoms with E-state index in [1.54, 1.807) is 4.90 Å². The quantitative estimate of drug-likeness (QED) is 0.873. The van der Waals surface area contributed by atoms with E-state index < -0.39 is 0 Å². The topological polar surface area (TPSA) is 61.4 Å². The summed E-state index contributed by atoms with van der Waals surface area (Å²) < 4.78 is 0. The Bertz CT molecular complexity index is 596. The van der Waals surface area contributed by atoms with Gasteiger partial charge in [-0.15, -0.1) is 0 Å². The third kappa shape index (κ3) is 3.96. The summed E-state index contributed by atoms with van der Waals surface area (Å²) in [6, 6.07) is 7.60. The molecule has 0 bridgehead atoms. The summed E-state index contributed by atoms with van der Waals surface area (Å²) >= 11 is 0. The fourth-order valence-electron chi connectivity index (χ4n) is 3.74. The van der Waals surface area contributed by atoms with Gasteiger partial charge in [-0.25, -0.2) is 0 Å². The van der Waals surface area contributed by atoms with E-state index in [2.05, 4.69) is 17.6 Å². The predicted molar refractivity (Wildman–Crippen MR) is 96.0 cm³/mol. The van der Waals surface area contributed by atoms with Crippen molar-refractivity contribution in [2.75, 3.05) is 29.9 Å². The Balaban J connectivity index is 1.63. The van der Waals surface area contributed by atoms with Gasteiger partial charge >= 0.3 is 0 Å². The summed E-state index contributed by atoms with van der Waals surface area (Å²) in [6.07, 6.45) is 4.38. The lowest BCUT2D eigenvalue weighted by Gasteiger charge is -2.28. The first-order chi connectivity index (χ1) is 11.6. The van der Waals surface area contributed by atoms with Gasteiger partial charge in [-0.2, -0.15) is 0 Å². The molecule has 5 nitrogen and oxygen atoms in total. The number of hydrogen-bond donors (Lipinski definition) is 2. The smallest absolute Gasteiger partial charge is 0.227 e. The van der Waals surface area contributed by atoms with Crippen LogP contribution in [0.2, 0.25) is 0 Å². The van der Waals surface area contributed by atoms with Gasteiger partial charge in [0.25, 0.3) is 0 Å². The number of carbonyl (C=O) groups is 2. The van der Waals surface area contributed by atoms with Crippen molar-refractivity contribution in [2.45, 2.75) is 39.0 Å². The van der Waals surface area contributed by atoms with Crippen molar-refractivity contribution in [3.63, 3.8) is 0 Å². The Labute approximate surface area is 143 Å². The number of anilines is 2. The minimum Gasteiger partial charge on any atom is -0.324 e. The molecule has 0 unspecified atom stereocenters. The van der Waals surface area contributed by atoms with Crippen molar-refractivity contribution in [3.8, 4) is 0 Å². The van der Waals surface area contributed by atoms with Crippen LogP contribution in [-0.4, -0.2) is 31.4 Å². The highest BCUT2D eigenvalue weighted by molar-refractivity contribution is 6.02. The predicted octanol–water partition coefficient (Wildman–Crippen LogP) is 2.78. The van der Waals surface area contributed by atoms with E-state index in [4.69, 9.17) is 0 Å². The fraction of sp³-hybridized carbons (Fsp3) is 0.579. The molecule has 2 N–H and O–H groups in total. The lowest BCUT2D eigenvalue weighted by molar-refractivity contribution is -0.118. The van der Waals surface area contributed by atoms with Crippen molar-refractivity contribution < 1.29 is 9.59 Å². The monoisotopic (exact) mass is 329 g/mol. The van der Waals surface area contributed by atoms with Crippen LogP contribution in [0.3, 0.4) is 0 Å². The molecule has 2 heterocycles. The molecule has 2 aliphatic heterocycles. The zero-order chi connectivity index (χ0) is 16.9. The molecule has 3 rings (SSSR count).